The summed E-state index contributed by atoms with van der Waals surface area (Å²) in [7, 11) is 0. The third-order valence-electron chi connectivity index (χ3n) is 3.71. The quantitative estimate of drug-likeness (QED) is 0.889. The third-order valence-corrected chi connectivity index (χ3v) is 3.71. The van der Waals surface area contributed by atoms with Crippen LogP contribution in [-0.2, 0) is 4.74 Å². The van der Waals surface area contributed by atoms with Gasteiger partial charge in [0, 0.05) is 24.4 Å². The zero-order chi connectivity index (χ0) is 14.6. The molecular weight excluding hydrogens is 252 g/mol. The summed E-state index contributed by atoms with van der Waals surface area (Å²) in [4.78, 5) is 12.4. The Morgan fingerprint density at radius 1 is 1.45 bits per heavy atom. The monoisotopic (exact) mass is 276 g/mol. The maximum atomic E-state index is 12.4. The molecule has 2 N–H and O–H groups in total. The summed E-state index contributed by atoms with van der Waals surface area (Å²) < 4.78 is 5.47. The van der Waals surface area contributed by atoms with Gasteiger partial charge in [-0.2, -0.15) is 0 Å². The van der Waals surface area contributed by atoms with Gasteiger partial charge in [-0.3, -0.25) is 4.79 Å². The molecule has 0 radical (unpaired) electrons. The number of nitrogens with one attached hydrogen (secondary N) is 2. The Hall–Kier alpha value is -1.55. The molecule has 0 spiro atoms. The molecule has 1 aromatic carbocycles. The number of benzene rings is 1. The summed E-state index contributed by atoms with van der Waals surface area (Å²) >= 11 is 0. The lowest BCUT2D eigenvalue weighted by atomic mass is 9.94. The highest BCUT2D eigenvalue weighted by molar-refractivity contribution is 5.95. The van der Waals surface area contributed by atoms with E-state index in [9.17, 15) is 4.79 Å². The van der Waals surface area contributed by atoms with Crippen molar-refractivity contribution in [2.75, 3.05) is 25.1 Å². The van der Waals surface area contributed by atoms with Crippen LogP contribution < -0.4 is 10.6 Å². The molecule has 1 fully saturated rings. The zero-order valence-electron chi connectivity index (χ0n) is 12.6. The Bertz CT molecular complexity index is 479. The van der Waals surface area contributed by atoms with Gasteiger partial charge < -0.3 is 15.4 Å². The van der Waals surface area contributed by atoms with E-state index in [0.717, 1.165) is 37.2 Å². The van der Waals surface area contributed by atoms with Gasteiger partial charge in [-0.05, 0) is 57.4 Å². The summed E-state index contributed by atoms with van der Waals surface area (Å²) in [6, 6.07) is 5.77. The molecule has 2 rings (SSSR count). The van der Waals surface area contributed by atoms with Crippen molar-refractivity contribution in [1.82, 2.24) is 5.32 Å². The van der Waals surface area contributed by atoms with Crippen molar-refractivity contribution in [2.24, 2.45) is 0 Å². The molecule has 4 nitrogen and oxygen atoms in total. The van der Waals surface area contributed by atoms with Crippen LogP contribution in [0, 0.1) is 6.92 Å². The number of hydrogen-bond acceptors (Lipinski definition) is 3. The first kappa shape index (κ1) is 14.9. The Labute approximate surface area is 120 Å². The summed E-state index contributed by atoms with van der Waals surface area (Å²) in [5, 5.41) is 6.38. The maximum Gasteiger partial charge on any atom is 0.251 e. The summed E-state index contributed by atoms with van der Waals surface area (Å²) in [5.41, 5.74) is 2.63. The van der Waals surface area contributed by atoms with Crippen LogP contribution in [0.25, 0.3) is 0 Å². The van der Waals surface area contributed by atoms with Gasteiger partial charge in [0.05, 0.1) is 12.1 Å². The number of carbonyl (C=O) groups excluding carboxylic acids is 1. The van der Waals surface area contributed by atoms with Crippen LogP contribution in [0.2, 0.25) is 0 Å². The first-order valence-corrected chi connectivity index (χ1v) is 7.29. The fourth-order valence-electron chi connectivity index (χ4n) is 2.57. The number of amides is 1. The fourth-order valence-corrected chi connectivity index (χ4v) is 2.57. The molecule has 4 heteroatoms. The van der Waals surface area contributed by atoms with Crippen molar-refractivity contribution in [3.63, 3.8) is 0 Å². The van der Waals surface area contributed by atoms with Crippen LogP contribution in [0.4, 0.5) is 5.69 Å². The third kappa shape index (κ3) is 3.51. The summed E-state index contributed by atoms with van der Waals surface area (Å²) in [6.45, 7) is 8.38. The molecular formula is C16H24N2O2. The van der Waals surface area contributed by atoms with E-state index in [0.29, 0.717) is 12.2 Å². The first-order valence-electron chi connectivity index (χ1n) is 7.29. The number of ether oxygens (including phenoxy) is 1. The van der Waals surface area contributed by atoms with Crippen LogP contribution >= 0.6 is 0 Å². The van der Waals surface area contributed by atoms with Gasteiger partial charge >= 0.3 is 0 Å². The molecule has 0 aromatic heterocycles. The number of aryl methyl sites for hydroxylation is 1. The van der Waals surface area contributed by atoms with Gasteiger partial charge in [0.1, 0.15) is 0 Å². The SMILES string of the molecule is CCNc1ccc(C(=O)NC2(C)CCCOC2)cc1C. The highest BCUT2D eigenvalue weighted by Crippen LogP contribution is 2.20. The second-order valence-corrected chi connectivity index (χ2v) is 5.73. The van der Waals surface area contributed by atoms with Crippen LogP contribution in [0.5, 0.6) is 0 Å². The van der Waals surface area contributed by atoms with Gasteiger partial charge in [0.25, 0.3) is 5.91 Å². The summed E-state index contributed by atoms with van der Waals surface area (Å²) in [6.07, 6.45) is 1.96. The van der Waals surface area contributed by atoms with Crippen molar-refractivity contribution in [1.29, 1.82) is 0 Å². The van der Waals surface area contributed by atoms with Crippen molar-refractivity contribution in [2.45, 2.75) is 39.2 Å². The number of anilines is 1. The number of rotatable bonds is 4. The largest absolute Gasteiger partial charge is 0.385 e. The molecule has 1 aliphatic rings. The number of carbonyl (C=O) groups is 1. The van der Waals surface area contributed by atoms with E-state index >= 15 is 0 Å². The smallest absolute Gasteiger partial charge is 0.251 e. The fraction of sp³-hybridized carbons (Fsp3) is 0.562. The average molecular weight is 276 g/mol. The van der Waals surface area contributed by atoms with E-state index < -0.39 is 0 Å². The van der Waals surface area contributed by atoms with Crippen LogP contribution in [0.1, 0.15) is 42.6 Å². The molecule has 1 atom stereocenters. The van der Waals surface area contributed by atoms with E-state index in [2.05, 4.69) is 17.6 Å². The van der Waals surface area contributed by atoms with Gasteiger partial charge in [-0.15, -0.1) is 0 Å². The highest BCUT2D eigenvalue weighted by atomic mass is 16.5. The molecule has 1 unspecified atom stereocenters. The Morgan fingerprint density at radius 3 is 2.85 bits per heavy atom. The molecule has 0 bridgehead atoms. The van der Waals surface area contributed by atoms with E-state index in [1.807, 2.05) is 32.0 Å². The molecule has 1 amide bonds. The van der Waals surface area contributed by atoms with Crippen molar-refractivity contribution < 1.29 is 9.53 Å². The van der Waals surface area contributed by atoms with Crippen molar-refractivity contribution in [3.05, 3.63) is 29.3 Å². The maximum absolute atomic E-state index is 12.4. The molecule has 110 valence electrons. The Balaban J connectivity index is 2.07. The van der Waals surface area contributed by atoms with E-state index in [1.165, 1.54) is 0 Å². The second-order valence-electron chi connectivity index (χ2n) is 5.73. The van der Waals surface area contributed by atoms with Crippen molar-refractivity contribution in [3.8, 4) is 0 Å². The Kier molecular flexibility index (Phi) is 4.65. The Morgan fingerprint density at radius 2 is 2.25 bits per heavy atom. The normalized spacial score (nSPS) is 22.4. The molecule has 1 saturated heterocycles. The predicted octanol–water partition coefficient (Wildman–Crippen LogP) is 2.73. The molecule has 1 aliphatic heterocycles. The molecule has 0 aliphatic carbocycles. The molecule has 20 heavy (non-hydrogen) atoms. The standard InChI is InChI=1S/C16H24N2O2/c1-4-17-14-7-6-13(10-12(14)2)15(19)18-16(3)8-5-9-20-11-16/h6-7,10,17H,4-5,8-9,11H2,1-3H3,(H,18,19). The van der Waals surface area contributed by atoms with Crippen LogP contribution in [0.3, 0.4) is 0 Å². The lowest BCUT2D eigenvalue weighted by Gasteiger charge is -2.34. The lowest BCUT2D eigenvalue weighted by Crippen LogP contribution is -2.51. The van der Waals surface area contributed by atoms with E-state index in [1.54, 1.807) is 0 Å². The molecule has 1 aromatic rings. The minimum atomic E-state index is -0.246. The van der Waals surface area contributed by atoms with Crippen LogP contribution in [0.15, 0.2) is 18.2 Å². The van der Waals surface area contributed by atoms with Gasteiger partial charge in [-0.1, -0.05) is 0 Å². The minimum absolute atomic E-state index is 0.0239. The van der Waals surface area contributed by atoms with Crippen molar-refractivity contribution >= 4 is 11.6 Å². The van der Waals surface area contributed by atoms with Gasteiger partial charge in [-0.25, -0.2) is 0 Å². The second kappa shape index (κ2) is 6.27. The van der Waals surface area contributed by atoms with Gasteiger partial charge in [0.2, 0.25) is 0 Å². The topological polar surface area (TPSA) is 50.4 Å². The lowest BCUT2D eigenvalue weighted by molar-refractivity contribution is 0.0272. The first-order chi connectivity index (χ1) is 9.54. The van der Waals surface area contributed by atoms with Gasteiger partial charge in [0.15, 0.2) is 0 Å². The molecule has 1 heterocycles. The summed E-state index contributed by atoms with van der Waals surface area (Å²) in [5.74, 6) is -0.0239. The van der Waals surface area contributed by atoms with E-state index in [-0.39, 0.29) is 11.4 Å². The average Bonchev–Trinajstić information content (AvgIpc) is 2.41. The van der Waals surface area contributed by atoms with Crippen LogP contribution in [-0.4, -0.2) is 31.2 Å². The number of hydrogen-bond donors (Lipinski definition) is 2. The van der Waals surface area contributed by atoms with E-state index in [4.69, 9.17) is 4.74 Å². The predicted molar refractivity (Wildman–Crippen MR) is 81.3 cm³/mol. The minimum Gasteiger partial charge on any atom is -0.385 e. The molecule has 0 saturated carbocycles. The highest BCUT2D eigenvalue weighted by Gasteiger charge is 2.29. The zero-order valence-corrected chi connectivity index (χ0v) is 12.6.